The summed E-state index contributed by atoms with van der Waals surface area (Å²) in [5, 5.41) is 1.50. The first-order valence-corrected chi connectivity index (χ1v) is 7.39. The minimum Gasteiger partial charge on any atom is -0.325 e. The van der Waals surface area contributed by atoms with Gasteiger partial charge in [-0.3, -0.25) is 0 Å². The van der Waals surface area contributed by atoms with E-state index in [0.717, 1.165) is 28.5 Å². The van der Waals surface area contributed by atoms with Crippen LogP contribution in [0.15, 0.2) is 18.2 Å². The third-order valence-electron chi connectivity index (χ3n) is 4.33. The average Bonchev–Trinajstić information content (AvgIpc) is 2.29. The fourth-order valence-electron chi connectivity index (χ4n) is 3.05. The first-order chi connectivity index (χ1) is 8.40. The van der Waals surface area contributed by atoms with Crippen molar-refractivity contribution in [2.45, 2.75) is 45.1 Å². The number of halogens is 2. The molecule has 100 valence electrons. The predicted octanol–water partition coefficient (Wildman–Crippen LogP) is 4.69. The Morgan fingerprint density at radius 2 is 2.00 bits per heavy atom. The van der Waals surface area contributed by atoms with E-state index in [4.69, 9.17) is 28.9 Å². The minimum absolute atomic E-state index is 0.147. The fraction of sp³-hybridized carbons (Fsp3) is 0.600. The topological polar surface area (TPSA) is 26.0 Å². The molecule has 1 nitrogen and oxygen atoms in total. The molecule has 0 bridgehead atoms. The number of nitrogens with two attached hydrogens (primary N) is 1. The van der Waals surface area contributed by atoms with E-state index in [1.807, 2.05) is 18.2 Å². The van der Waals surface area contributed by atoms with Crippen LogP contribution >= 0.6 is 23.2 Å². The molecule has 3 heteroatoms. The van der Waals surface area contributed by atoms with Crippen LogP contribution in [-0.2, 0) is 6.42 Å². The van der Waals surface area contributed by atoms with Crippen LogP contribution in [0.5, 0.6) is 0 Å². The second kappa shape index (κ2) is 5.40. The summed E-state index contributed by atoms with van der Waals surface area (Å²) >= 11 is 12.3. The highest BCUT2D eigenvalue weighted by molar-refractivity contribution is 6.33. The lowest BCUT2D eigenvalue weighted by atomic mass is 9.68. The third-order valence-corrected chi connectivity index (χ3v) is 4.93. The molecule has 0 amide bonds. The lowest BCUT2D eigenvalue weighted by Crippen LogP contribution is -2.51. The van der Waals surface area contributed by atoms with Crippen LogP contribution in [0.4, 0.5) is 0 Å². The Morgan fingerprint density at radius 1 is 1.28 bits per heavy atom. The maximum absolute atomic E-state index is 6.64. The quantitative estimate of drug-likeness (QED) is 0.838. The fourth-order valence-corrected chi connectivity index (χ4v) is 3.43. The van der Waals surface area contributed by atoms with E-state index in [9.17, 15) is 0 Å². The Balaban J connectivity index is 2.23. The van der Waals surface area contributed by atoms with Gasteiger partial charge in [-0.15, -0.1) is 0 Å². The van der Waals surface area contributed by atoms with E-state index in [0.29, 0.717) is 11.8 Å². The molecule has 1 aromatic rings. The first-order valence-electron chi connectivity index (χ1n) is 6.63. The predicted molar refractivity (Wildman–Crippen MR) is 79.3 cm³/mol. The summed E-state index contributed by atoms with van der Waals surface area (Å²) in [5.74, 6) is 1.23. The highest BCUT2D eigenvalue weighted by Gasteiger charge is 2.37. The highest BCUT2D eigenvalue weighted by Crippen LogP contribution is 2.38. The molecular formula is C15H21Cl2N. The van der Waals surface area contributed by atoms with Crippen LogP contribution in [0.2, 0.25) is 10.0 Å². The second-order valence-electron chi connectivity index (χ2n) is 5.93. The number of rotatable bonds is 2. The van der Waals surface area contributed by atoms with Gasteiger partial charge in [0.2, 0.25) is 0 Å². The second-order valence-corrected chi connectivity index (χ2v) is 6.78. The SMILES string of the molecule is CC1CCC(C)C(N)(Cc2cc(Cl)ccc2Cl)C1. The van der Waals surface area contributed by atoms with Crippen molar-refractivity contribution in [1.29, 1.82) is 0 Å². The van der Waals surface area contributed by atoms with Gasteiger partial charge in [-0.05, 0) is 54.9 Å². The standard InChI is InChI=1S/C15H21Cl2N/c1-10-3-4-11(2)15(18,8-10)9-12-7-13(16)5-6-14(12)17/h5-7,10-11H,3-4,8-9,18H2,1-2H3. The summed E-state index contributed by atoms with van der Waals surface area (Å²) in [5.41, 5.74) is 7.57. The largest absolute Gasteiger partial charge is 0.325 e. The van der Waals surface area contributed by atoms with Crippen molar-refractivity contribution in [2.24, 2.45) is 17.6 Å². The molecule has 1 saturated carbocycles. The molecule has 3 unspecified atom stereocenters. The van der Waals surface area contributed by atoms with Crippen molar-refractivity contribution in [3.05, 3.63) is 33.8 Å². The van der Waals surface area contributed by atoms with Crippen LogP contribution < -0.4 is 5.73 Å². The van der Waals surface area contributed by atoms with Crippen molar-refractivity contribution in [1.82, 2.24) is 0 Å². The van der Waals surface area contributed by atoms with Crippen molar-refractivity contribution >= 4 is 23.2 Å². The zero-order valence-corrected chi connectivity index (χ0v) is 12.6. The molecule has 0 spiro atoms. The van der Waals surface area contributed by atoms with Crippen LogP contribution in [0.25, 0.3) is 0 Å². The number of hydrogen-bond donors (Lipinski definition) is 1. The van der Waals surface area contributed by atoms with Gasteiger partial charge in [-0.2, -0.15) is 0 Å². The van der Waals surface area contributed by atoms with Crippen molar-refractivity contribution < 1.29 is 0 Å². The first kappa shape index (κ1) is 14.2. The van der Waals surface area contributed by atoms with E-state index in [1.54, 1.807) is 0 Å². The summed E-state index contributed by atoms with van der Waals surface area (Å²) in [6.07, 6.45) is 4.37. The van der Waals surface area contributed by atoms with Gasteiger partial charge in [0.25, 0.3) is 0 Å². The molecular weight excluding hydrogens is 265 g/mol. The Kier molecular flexibility index (Phi) is 4.25. The summed E-state index contributed by atoms with van der Waals surface area (Å²) in [6, 6.07) is 5.63. The molecule has 2 rings (SSSR count). The van der Waals surface area contributed by atoms with Crippen molar-refractivity contribution in [2.75, 3.05) is 0 Å². The third kappa shape index (κ3) is 3.01. The number of benzene rings is 1. The van der Waals surface area contributed by atoms with E-state index in [2.05, 4.69) is 13.8 Å². The van der Waals surface area contributed by atoms with E-state index in [-0.39, 0.29) is 5.54 Å². The molecule has 1 fully saturated rings. The van der Waals surface area contributed by atoms with Gasteiger partial charge in [-0.1, -0.05) is 43.5 Å². The summed E-state index contributed by atoms with van der Waals surface area (Å²) in [4.78, 5) is 0. The Bertz CT molecular complexity index is 433. The van der Waals surface area contributed by atoms with Gasteiger partial charge in [-0.25, -0.2) is 0 Å². The van der Waals surface area contributed by atoms with Gasteiger partial charge in [0.05, 0.1) is 0 Å². The van der Waals surface area contributed by atoms with E-state index < -0.39 is 0 Å². The molecule has 1 aliphatic rings. The normalized spacial score (nSPS) is 32.5. The van der Waals surface area contributed by atoms with Crippen LogP contribution in [0, 0.1) is 11.8 Å². The van der Waals surface area contributed by atoms with Crippen molar-refractivity contribution in [3.8, 4) is 0 Å². The lowest BCUT2D eigenvalue weighted by molar-refractivity contribution is 0.161. The van der Waals surface area contributed by atoms with Crippen molar-refractivity contribution in [3.63, 3.8) is 0 Å². The molecule has 0 aliphatic heterocycles. The molecule has 0 heterocycles. The summed E-state index contributed by atoms with van der Waals surface area (Å²) in [6.45, 7) is 4.54. The summed E-state index contributed by atoms with van der Waals surface area (Å²) in [7, 11) is 0. The zero-order chi connectivity index (χ0) is 13.3. The molecule has 0 saturated heterocycles. The molecule has 2 N–H and O–H groups in total. The van der Waals surface area contributed by atoms with Crippen LogP contribution in [0.3, 0.4) is 0 Å². The lowest BCUT2D eigenvalue weighted by Gasteiger charge is -2.42. The number of hydrogen-bond acceptors (Lipinski definition) is 1. The average molecular weight is 286 g/mol. The molecule has 1 aliphatic carbocycles. The summed E-state index contributed by atoms with van der Waals surface area (Å²) < 4.78 is 0. The van der Waals surface area contributed by atoms with E-state index in [1.165, 1.54) is 12.8 Å². The van der Waals surface area contributed by atoms with Gasteiger partial charge in [0, 0.05) is 15.6 Å². The minimum atomic E-state index is -0.147. The smallest absolute Gasteiger partial charge is 0.0439 e. The highest BCUT2D eigenvalue weighted by atomic mass is 35.5. The Morgan fingerprint density at radius 3 is 2.72 bits per heavy atom. The zero-order valence-electron chi connectivity index (χ0n) is 11.0. The van der Waals surface area contributed by atoms with Gasteiger partial charge in [0.1, 0.15) is 0 Å². The van der Waals surface area contributed by atoms with Gasteiger partial charge in [0.15, 0.2) is 0 Å². The van der Waals surface area contributed by atoms with E-state index >= 15 is 0 Å². The van der Waals surface area contributed by atoms with Gasteiger partial charge < -0.3 is 5.73 Å². The molecule has 18 heavy (non-hydrogen) atoms. The maximum Gasteiger partial charge on any atom is 0.0439 e. The monoisotopic (exact) mass is 285 g/mol. The molecule has 0 aromatic heterocycles. The maximum atomic E-state index is 6.64. The van der Waals surface area contributed by atoms with Crippen LogP contribution in [0.1, 0.15) is 38.7 Å². The Labute approximate surface area is 120 Å². The Hall–Kier alpha value is -0.240. The molecule has 0 radical (unpaired) electrons. The van der Waals surface area contributed by atoms with Crippen LogP contribution in [-0.4, -0.2) is 5.54 Å². The molecule has 1 aromatic carbocycles. The molecule has 3 atom stereocenters. The van der Waals surface area contributed by atoms with Gasteiger partial charge >= 0.3 is 0 Å².